The maximum Gasteiger partial charge on any atom is 0.168 e. The Morgan fingerprint density at radius 3 is 2.68 bits per heavy atom. The fourth-order valence-corrected chi connectivity index (χ4v) is 4.05. The highest BCUT2D eigenvalue weighted by atomic mass is 16.5. The minimum atomic E-state index is 0.422. The fraction of sp³-hybridized carbons (Fsp3) is 0.227. The molecule has 1 fully saturated rings. The maximum atomic E-state index is 5.56. The van der Waals surface area contributed by atoms with Crippen LogP contribution in [-0.2, 0) is 0 Å². The zero-order valence-corrected chi connectivity index (χ0v) is 15.7. The SMILES string of the molecule is COc1ccccc1C1CCN(c2ncnc3c2cnn3-c2ccccc2)C1. The van der Waals surface area contributed by atoms with Crippen LogP contribution in [0.15, 0.2) is 67.1 Å². The van der Waals surface area contributed by atoms with Gasteiger partial charge in [-0.1, -0.05) is 36.4 Å². The van der Waals surface area contributed by atoms with E-state index >= 15 is 0 Å². The van der Waals surface area contributed by atoms with E-state index in [0.717, 1.165) is 47.8 Å². The van der Waals surface area contributed by atoms with Gasteiger partial charge in [0.05, 0.1) is 24.4 Å². The van der Waals surface area contributed by atoms with Crippen LogP contribution in [-0.4, -0.2) is 39.9 Å². The number of ether oxygens (including phenoxy) is 1. The van der Waals surface area contributed by atoms with Crippen LogP contribution in [0, 0.1) is 0 Å². The largest absolute Gasteiger partial charge is 0.496 e. The molecule has 28 heavy (non-hydrogen) atoms. The van der Waals surface area contributed by atoms with Gasteiger partial charge in [-0.25, -0.2) is 14.6 Å². The third-order valence-electron chi connectivity index (χ3n) is 5.41. The summed E-state index contributed by atoms with van der Waals surface area (Å²) in [6.45, 7) is 1.86. The van der Waals surface area contributed by atoms with E-state index in [-0.39, 0.29) is 0 Å². The number of rotatable bonds is 4. The third-order valence-corrected chi connectivity index (χ3v) is 5.41. The number of aromatic nitrogens is 4. The van der Waals surface area contributed by atoms with Crippen molar-refractivity contribution in [3.05, 3.63) is 72.7 Å². The summed E-state index contributed by atoms with van der Waals surface area (Å²) >= 11 is 0. The number of hydrogen-bond acceptors (Lipinski definition) is 5. The van der Waals surface area contributed by atoms with Crippen LogP contribution in [0.4, 0.5) is 5.82 Å². The molecule has 0 N–H and O–H groups in total. The van der Waals surface area contributed by atoms with E-state index < -0.39 is 0 Å². The molecule has 5 rings (SSSR count). The highest BCUT2D eigenvalue weighted by Crippen LogP contribution is 2.36. The van der Waals surface area contributed by atoms with Crippen LogP contribution >= 0.6 is 0 Å². The average molecular weight is 371 g/mol. The smallest absolute Gasteiger partial charge is 0.168 e. The zero-order chi connectivity index (χ0) is 18.9. The van der Waals surface area contributed by atoms with Gasteiger partial charge in [0.1, 0.15) is 17.9 Å². The Hall–Kier alpha value is -3.41. The molecule has 0 bridgehead atoms. The summed E-state index contributed by atoms with van der Waals surface area (Å²) in [6, 6.07) is 18.4. The molecule has 0 radical (unpaired) electrons. The molecule has 2 aromatic carbocycles. The molecule has 140 valence electrons. The van der Waals surface area contributed by atoms with Crippen molar-refractivity contribution in [2.45, 2.75) is 12.3 Å². The molecule has 0 saturated carbocycles. The second-order valence-corrected chi connectivity index (χ2v) is 7.00. The highest BCUT2D eigenvalue weighted by Gasteiger charge is 2.28. The standard InChI is InChI=1S/C22H21N5O/c1-28-20-10-6-5-9-18(20)16-11-12-26(14-16)21-19-13-25-27(22(19)24-15-23-21)17-7-3-2-4-8-17/h2-10,13,15-16H,11-12,14H2,1H3. The van der Waals surface area contributed by atoms with Crippen molar-refractivity contribution in [3.8, 4) is 11.4 Å². The van der Waals surface area contributed by atoms with Gasteiger partial charge in [-0.05, 0) is 30.2 Å². The Labute approximate surface area is 163 Å². The summed E-state index contributed by atoms with van der Waals surface area (Å²) in [4.78, 5) is 11.4. The van der Waals surface area contributed by atoms with Crippen LogP contribution in [0.3, 0.4) is 0 Å². The molecular weight excluding hydrogens is 350 g/mol. The predicted molar refractivity (Wildman–Crippen MR) is 109 cm³/mol. The van der Waals surface area contributed by atoms with Gasteiger partial charge in [0, 0.05) is 19.0 Å². The number of nitrogens with zero attached hydrogens (tertiary/aromatic N) is 5. The van der Waals surface area contributed by atoms with Crippen molar-refractivity contribution in [3.63, 3.8) is 0 Å². The molecule has 1 saturated heterocycles. The summed E-state index contributed by atoms with van der Waals surface area (Å²) in [7, 11) is 1.73. The molecule has 4 aromatic rings. The van der Waals surface area contributed by atoms with Gasteiger partial charge in [-0.2, -0.15) is 5.10 Å². The van der Waals surface area contributed by atoms with Gasteiger partial charge in [0.25, 0.3) is 0 Å². The van der Waals surface area contributed by atoms with Crippen LogP contribution in [0.25, 0.3) is 16.7 Å². The molecule has 1 aliphatic heterocycles. The van der Waals surface area contributed by atoms with Gasteiger partial charge in [-0.15, -0.1) is 0 Å². The molecule has 0 spiro atoms. The lowest BCUT2D eigenvalue weighted by Crippen LogP contribution is -2.21. The average Bonchev–Trinajstić information content (AvgIpc) is 3.41. The molecule has 6 nitrogen and oxygen atoms in total. The number of methoxy groups -OCH3 is 1. The van der Waals surface area contributed by atoms with Crippen molar-refractivity contribution < 1.29 is 4.74 Å². The first-order valence-corrected chi connectivity index (χ1v) is 9.47. The van der Waals surface area contributed by atoms with Gasteiger partial charge in [0.15, 0.2) is 5.65 Å². The normalized spacial score (nSPS) is 16.6. The second-order valence-electron chi connectivity index (χ2n) is 7.00. The highest BCUT2D eigenvalue weighted by molar-refractivity contribution is 5.87. The monoisotopic (exact) mass is 371 g/mol. The summed E-state index contributed by atoms with van der Waals surface area (Å²) in [5.74, 6) is 2.33. The lowest BCUT2D eigenvalue weighted by atomic mass is 9.97. The third kappa shape index (κ3) is 2.78. The summed E-state index contributed by atoms with van der Waals surface area (Å²) in [5, 5.41) is 5.55. The van der Waals surface area contributed by atoms with Crippen molar-refractivity contribution in [1.82, 2.24) is 19.7 Å². The van der Waals surface area contributed by atoms with Gasteiger partial charge in [-0.3, -0.25) is 0 Å². The number of benzene rings is 2. The first-order valence-electron chi connectivity index (χ1n) is 9.47. The van der Waals surface area contributed by atoms with E-state index in [4.69, 9.17) is 4.74 Å². The zero-order valence-electron chi connectivity index (χ0n) is 15.7. The molecule has 0 aliphatic carbocycles. The first kappa shape index (κ1) is 16.7. The Balaban J connectivity index is 1.48. The van der Waals surface area contributed by atoms with E-state index in [0.29, 0.717) is 5.92 Å². The van der Waals surface area contributed by atoms with Crippen LogP contribution in [0.5, 0.6) is 5.75 Å². The van der Waals surface area contributed by atoms with Crippen molar-refractivity contribution >= 4 is 16.9 Å². The van der Waals surface area contributed by atoms with E-state index in [2.05, 4.69) is 32.1 Å². The Morgan fingerprint density at radius 1 is 1.00 bits per heavy atom. The number of fused-ring (bicyclic) bond motifs is 1. The summed E-state index contributed by atoms with van der Waals surface area (Å²) in [6.07, 6.45) is 4.57. The van der Waals surface area contributed by atoms with Crippen LogP contribution in [0.2, 0.25) is 0 Å². The quantitative estimate of drug-likeness (QED) is 0.546. The Kier molecular flexibility index (Phi) is 4.16. The van der Waals surface area contributed by atoms with E-state index in [1.165, 1.54) is 5.56 Å². The molecule has 1 atom stereocenters. The predicted octanol–water partition coefficient (Wildman–Crippen LogP) is 3.82. The summed E-state index contributed by atoms with van der Waals surface area (Å²) in [5.41, 5.74) is 3.09. The van der Waals surface area contributed by atoms with E-state index in [1.807, 2.05) is 53.3 Å². The maximum absolute atomic E-state index is 5.56. The number of anilines is 1. The van der Waals surface area contributed by atoms with Gasteiger partial charge < -0.3 is 9.64 Å². The topological polar surface area (TPSA) is 56.1 Å². The molecule has 6 heteroatoms. The van der Waals surface area contributed by atoms with E-state index in [9.17, 15) is 0 Å². The van der Waals surface area contributed by atoms with Gasteiger partial charge in [0.2, 0.25) is 0 Å². The molecule has 1 unspecified atom stereocenters. The van der Waals surface area contributed by atoms with Crippen LogP contribution in [0.1, 0.15) is 17.9 Å². The molecule has 0 amide bonds. The van der Waals surface area contributed by atoms with Gasteiger partial charge >= 0.3 is 0 Å². The molecule has 3 heterocycles. The van der Waals surface area contributed by atoms with E-state index in [1.54, 1.807) is 13.4 Å². The Bertz CT molecular complexity index is 1110. The Morgan fingerprint density at radius 2 is 1.82 bits per heavy atom. The molecule has 1 aliphatic rings. The number of hydrogen-bond donors (Lipinski definition) is 0. The summed E-state index contributed by atoms with van der Waals surface area (Å²) < 4.78 is 7.43. The number of para-hydroxylation sites is 2. The second kappa shape index (κ2) is 6.96. The lowest BCUT2D eigenvalue weighted by Gasteiger charge is -2.19. The minimum absolute atomic E-state index is 0.422. The van der Waals surface area contributed by atoms with Crippen molar-refractivity contribution in [2.24, 2.45) is 0 Å². The first-order chi connectivity index (χ1) is 13.8. The lowest BCUT2D eigenvalue weighted by molar-refractivity contribution is 0.406. The molecular formula is C22H21N5O. The minimum Gasteiger partial charge on any atom is -0.496 e. The fourth-order valence-electron chi connectivity index (χ4n) is 4.05. The van der Waals surface area contributed by atoms with Crippen molar-refractivity contribution in [1.29, 1.82) is 0 Å². The van der Waals surface area contributed by atoms with Crippen molar-refractivity contribution in [2.75, 3.05) is 25.1 Å². The molecule has 2 aromatic heterocycles. The van der Waals surface area contributed by atoms with Crippen LogP contribution < -0.4 is 9.64 Å².